The lowest BCUT2D eigenvalue weighted by Crippen LogP contribution is -2.09. The molecule has 0 amide bonds. The Labute approximate surface area is 237 Å². The van der Waals surface area contributed by atoms with Crippen molar-refractivity contribution in [1.82, 2.24) is 0 Å². The highest BCUT2D eigenvalue weighted by atomic mass is 16.5. The van der Waals surface area contributed by atoms with Crippen molar-refractivity contribution in [2.24, 2.45) is 0 Å². The van der Waals surface area contributed by atoms with E-state index in [1.54, 1.807) is 24.3 Å². The van der Waals surface area contributed by atoms with E-state index in [-0.39, 0.29) is 23.1 Å². The standard InChI is InChI=1S/C24H38O4.C8H6O4/c1-3-5-7-9-11-13-19-27-23(25)21-15-17-22(18-16-21)24(26)28-20-14-12-10-8-6-4-2;9-7(10)5-1-2-6(4-3-5)8(11)12/h15-18H,3-14,19-20H2,1-2H3;1-4H,(H,9,10)(H,11,12). The molecule has 0 aliphatic carbocycles. The molecular formula is C32H44O8. The van der Waals surface area contributed by atoms with Crippen LogP contribution in [0.1, 0.15) is 132 Å². The molecular weight excluding hydrogens is 512 g/mol. The second kappa shape index (κ2) is 21.2. The number of carboxylic acids is 2. The summed E-state index contributed by atoms with van der Waals surface area (Å²) in [5, 5.41) is 16.9. The van der Waals surface area contributed by atoms with E-state index in [1.165, 1.54) is 75.6 Å². The van der Waals surface area contributed by atoms with Crippen molar-refractivity contribution in [3.63, 3.8) is 0 Å². The van der Waals surface area contributed by atoms with Crippen LogP contribution in [0.25, 0.3) is 0 Å². The van der Waals surface area contributed by atoms with Crippen LogP contribution in [0.3, 0.4) is 0 Å². The van der Waals surface area contributed by atoms with Crippen LogP contribution in [-0.2, 0) is 9.47 Å². The topological polar surface area (TPSA) is 127 Å². The van der Waals surface area contributed by atoms with Gasteiger partial charge in [-0.1, -0.05) is 78.1 Å². The lowest BCUT2D eigenvalue weighted by molar-refractivity contribution is 0.0483. The zero-order valence-corrected chi connectivity index (χ0v) is 23.9. The molecule has 2 aromatic rings. The Hall–Kier alpha value is -3.68. The van der Waals surface area contributed by atoms with Crippen molar-refractivity contribution < 1.29 is 38.9 Å². The zero-order chi connectivity index (χ0) is 29.6. The number of rotatable bonds is 18. The van der Waals surface area contributed by atoms with E-state index in [9.17, 15) is 19.2 Å². The molecule has 0 aliphatic heterocycles. The molecule has 0 fully saturated rings. The van der Waals surface area contributed by atoms with Gasteiger partial charge < -0.3 is 19.7 Å². The first-order chi connectivity index (χ1) is 19.3. The largest absolute Gasteiger partial charge is 0.478 e. The molecule has 0 radical (unpaired) electrons. The summed E-state index contributed by atoms with van der Waals surface area (Å²) in [6.45, 7) is 5.30. The van der Waals surface area contributed by atoms with Crippen molar-refractivity contribution in [3.05, 3.63) is 70.8 Å². The van der Waals surface area contributed by atoms with E-state index in [0.29, 0.717) is 24.3 Å². The maximum atomic E-state index is 12.0. The average Bonchev–Trinajstić information content (AvgIpc) is 2.96. The second-order valence-electron chi connectivity index (χ2n) is 9.57. The Kier molecular flexibility index (Phi) is 18.2. The summed E-state index contributed by atoms with van der Waals surface area (Å²) in [6, 6.07) is 11.5. The number of hydrogen-bond donors (Lipinski definition) is 2. The number of benzene rings is 2. The molecule has 0 atom stereocenters. The van der Waals surface area contributed by atoms with Gasteiger partial charge in [0, 0.05) is 0 Å². The van der Waals surface area contributed by atoms with Crippen LogP contribution in [-0.4, -0.2) is 47.3 Å². The quantitative estimate of drug-likeness (QED) is 0.141. The molecule has 0 spiro atoms. The number of carboxylic acid groups (broad SMARTS) is 2. The fraction of sp³-hybridized carbons (Fsp3) is 0.500. The van der Waals surface area contributed by atoms with Gasteiger partial charge in [-0.05, 0) is 61.4 Å². The number of unbranched alkanes of at least 4 members (excludes halogenated alkanes) is 10. The molecule has 0 unspecified atom stereocenters. The SMILES string of the molecule is CCCCCCCCOC(=O)c1ccc(C(=O)OCCCCCCCC)cc1.O=C(O)c1ccc(C(=O)O)cc1. The summed E-state index contributed by atoms with van der Waals surface area (Å²) in [7, 11) is 0. The van der Waals surface area contributed by atoms with Gasteiger partial charge in [0.25, 0.3) is 0 Å². The highest BCUT2D eigenvalue weighted by Crippen LogP contribution is 2.11. The van der Waals surface area contributed by atoms with Gasteiger partial charge in [-0.2, -0.15) is 0 Å². The van der Waals surface area contributed by atoms with Gasteiger partial charge >= 0.3 is 23.9 Å². The van der Waals surface area contributed by atoms with Gasteiger partial charge in [0.1, 0.15) is 0 Å². The molecule has 2 N–H and O–H groups in total. The monoisotopic (exact) mass is 556 g/mol. The Morgan fingerprint density at radius 1 is 0.475 bits per heavy atom. The number of carbonyl (C=O) groups is 4. The van der Waals surface area contributed by atoms with Gasteiger partial charge in [0.05, 0.1) is 35.5 Å². The van der Waals surface area contributed by atoms with Crippen molar-refractivity contribution in [2.75, 3.05) is 13.2 Å². The third-order valence-corrected chi connectivity index (χ3v) is 6.20. The van der Waals surface area contributed by atoms with E-state index < -0.39 is 11.9 Å². The zero-order valence-electron chi connectivity index (χ0n) is 23.9. The molecule has 2 rings (SSSR count). The number of ether oxygens (including phenoxy) is 2. The van der Waals surface area contributed by atoms with E-state index in [1.807, 2.05) is 0 Å². The van der Waals surface area contributed by atoms with Gasteiger partial charge in [0.15, 0.2) is 0 Å². The van der Waals surface area contributed by atoms with Crippen molar-refractivity contribution in [1.29, 1.82) is 0 Å². The van der Waals surface area contributed by atoms with Gasteiger partial charge in [-0.15, -0.1) is 0 Å². The lowest BCUT2D eigenvalue weighted by Gasteiger charge is -2.07. The Bertz CT molecular complexity index is 930. The summed E-state index contributed by atoms with van der Waals surface area (Å²) in [5.74, 6) is -2.79. The molecule has 2 aromatic carbocycles. The van der Waals surface area contributed by atoms with E-state index in [4.69, 9.17) is 19.7 Å². The fourth-order valence-corrected chi connectivity index (χ4v) is 3.76. The molecule has 8 nitrogen and oxygen atoms in total. The minimum atomic E-state index is -1.06. The van der Waals surface area contributed by atoms with Crippen LogP contribution >= 0.6 is 0 Å². The molecule has 0 saturated carbocycles. The van der Waals surface area contributed by atoms with Crippen molar-refractivity contribution in [2.45, 2.75) is 90.9 Å². The van der Waals surface area contributed by atoms with Crippen LogP contribution < -0.4 is 0 Å². The van der Waals surface area contributed by atoms with Crippen LogP contribution in [0, 0.1) is 0 Å². The fourth-order valence-electron chi connectivity index (χ4n) is 3.76. The third kappa shape index (κ3) is 15.0. The first-order valence-corrected chi connectivity index (χ1v) is 14.3. The summed E-state index contributed by atoms with van der Waals surface area (Å²) in [6.07, 6.45) is 13.9. The molecule has 220 valence electrons. The highest BCUT2D eigenvalue weighted by molar-refractivity contribution is 5.93. The maximum Gasteiger partial charge on any atom is 0.338 e. The maximum absolute atomic E-state index is 12.0. The minimum Gasteiger partial charge on any atom is -0.478 e. The number of aromatic carboxylic acids is 2. The second-order valence-corrected chi connectivity index (χ2v) is 9.57. The molecule has 0 aromatic heterocycles. The molecule has 0 aliphatic rings. The molecule has 0 saturated heterocycles. The Balaban J connectivity index is 0.000000552. The number of carbonyl (C=O) groups excluding carboxylic acids is 2. The van der Waals surface area contributed by atoms with Crippen LogP contribution in [0.4, 0.5) is 0 Å². The summed E-state index contributed by atoms with van der Waals surface area (Å²) in [5.41, 5.74) is 1.11. The number of esters is 2. The molecule has 0 heterocycles. The predicted octanol–water partition coefficient (Wildman–Crippen LogP) is 7.80. The van der Waals surface area contributed by atoms with Gasteiger partial charge in [-0.25, -0.2) is 19.2 Å². The third-order valence-electron chi connectivity index (χ3n) is 6.20. The summed E-state index contributed by atoms with van der Waals surface area (Å²) < 4.78 is 10.6. The molecule has 40 heavy (non-hydrogen) atoms. The lowest BCUT2D eigenvalue weighted by atomic mass is 10.1. The highest BCUT2D eigenvalue weighted by Gasteiger charge is 2.11. The molecule has 8 heteroatoms. The number of hydrogen-bond acceptors (Lipinski definition) is 6. The van der Waals surface area contributed by atoms with Crippen molar-refractivity contribution in [3.8, 4) is 0 Å². The minimum absolute atomic E-state index is 0.0833. The van der Waals surface area contributed by atoms with E-state index >= 15 is 0 Å². The van der Waals surface area contributed by atoms with Gasteiger partial charge in [-0.3, -0.25) is 0 Å². The smallest absolute Gasteiger partial charge is 0.338 e. The van der Waals surface area contributed by atoms with Crippen LogP contribution in [0.15, 0.2) is 48.5 Å². The van der Waals surface area contributed by atoms with Crippen LogP contribution in [0.2, 0.25) is 0 Å². The summed E-state index contributed by atoms with van der Waals surface area (Å²) >= 11 is 0. The Morgan fingerprint density at radius 3 is 1.05 bits per heavy atom. The normalized spacial score (nSPS) is 10.2. The molecule has 0 bridgehead atoms. The predicted molar refractivity (Wildman–Crippen MR) is 154 cm³/mol. The van der Waals surface area contributed by atoms with Gasteiger partial charge in [0.2, 0.25) is 0 Å². The average molecular weight is 557 g/mol. The summed E-state index contributed by atoms with van der Waals surface area (Å²) in [4.78, 5) is 44.8. The first kappa shape index (κ1) is 34.3. The first-order valence-electron chi connectivity index (χ1n) is 14.3. The van der Waals surface area contributed by atoms with Crippen LogP contribution in [0.5, 0.6) is 0 Å². The Morgan fingerprint density at radius 2 is 0.750 bits per heavy atom. The van der Waals surface area contributed by atoms with Crippen molar-refractivity contribution >= 4 is 23.9 Å². The van der Waals surface area contributed by atoms with E-state index in [0.717, 1.165) is 25.7 Å². The van der Waals surface area contributed by atoms with E-state index in [2.05, 4.69) is 13.8 Å².